The van der Waals surface area contributed by atoms with Gasteiger partial charge in [-0.3, -0.25) is 0 Å². The van der Waals surface area contributed by atoms with E-state index in [-0.39, 0.29) is 12.1 Å². The molecule has 0 aliphatic heterocycles. The molecule has 0 radical (unpaired) electrons. The van der Waals surface area contributed by atoms with Crippen molar-refractivity contribution in [1.82, 2.24) is 20.4 Å². The van der Waals surface area contributed by atoms with Crippen LogP contribution < -0.4 is 11.1 Å². The van der Waals surface area contributed by atoms with Crippen molar-refractivity contribution in [3.63, 3.8) is 0 Å². The fourth-order valence-corrected chi connectivity index (χ4v) is 2.43. The van der Waals surface area contributed by atoms with E-state index in [1.807, 2.05) is 25.1 Å². The van der Waals surface area contributed by atoms with Crippen LogP contribution in [0.5, 0.6) is 0 Å². The number of carbonyl (C=O) groups is 1. The zero-order valence-corrected chi connectivity index (χ0v) is 12.9. The number of hydrogen-bond acceptors (Lipinski definition) is 5. The predicted octanol–water partition coefficient (Wildman–Crippen LogP) is 2.07. The van der Waals surface area contributed by atoms with Crippen LogP contribution >= 0.6 is 11.3 Å². The summed E-state index contributed by atoms with van der Waals surface area (Å²) in [5.74, 6) is 0. The molecular formula is C14H19N5OS. The number of urea groups is 1. The van der Waals surface area contributed by atoms with Gasteiger partial charge in [0.25, 0.3) is 0 Å². The molecule has 21 heavy (non-hydrogen) atoms. The fraction of sp³-hybridized carbons (Fsp3) is 0.357. The maximum absolute atomic E-state index is 12.1. The number of likely N-dealkylation sites (N-methyl/N-ethyl adjacent to an activating group) is 1. The quantitative estimate of drug-likeness (QED) is 0.885. The summed E-state index contributed by atoms with van der Waals surface area (Å²) in [4.78, 5) is 13.8. The highest BCUT2D eigenvalue weighted by atomic mass is 32.1. The second kappa shape index (κ2) is 7.03. The summed E-state index contributed by atoms with van der Waals surface area (Å²) in [6.07, 6.45) is 0.824. The van der Waals surface area contributed by atoms with E-state index in [9.17, 15) is 4.79 Å². The van der Waals surface area contributed by atoms with Crippen molar-refractivity contribution < 1.29 is 4.79 Å². The third-order valence-corrected chi connectivity index (χ3v) is 4.03. The molecule has 1 aromatic heterocycles. The molecule has 7 heteroatoms. The van der Waals surface area contributed by atoms with E-state index in [2.05, 4.69) is 27.6 Å². The number of nitrogens with two attached hydrogens (primary N) is 1. The molecule has 112 valence electrons. The van der Waals surface area contributed by atoms with Gasteiger partial charge in [-0.25, -0.2) is 4.79 Å². The van der Waals surface area contributed by atoms with Gasteiger partial charge in [0, 0.05) is 13.6 Å². The normalized spacial score (nSPS) is 11.9. The highest BCUT2D eigenvalue weighted by molar-refractivity contribution is 7.15. The Balaban J connectivity index is 1.82. The number of hydrogen-bond donors (Lipinski definition) is 2. The SMILES string of the molecule is CC(NC(=O)N(C)CCc1ccccc1)c1nnc(N)s1. The van der Waals surface area contributed by atoms with Crippen LogP contribution in [0.15, 0.2) is 30.3 Å². The summed E-state index contributed by atoms with van der Waals surface area (Å²) < 4.78 is 0. The first-order valence-corrected chi connectivity index (χ1v) is 7.52. The molecule has 0 aliphatic carbocycles. The lowest BCUT2D eigenvalue weighted by atomic mass is 10.1. The average molecular weight is 305 g/mol. The molecule has 6 nitrogen and oxygen atoms in total. The van der Waals surface area contributed by atoms with Crippen LogP contribution in [0.3, 0.4) is 0 Å². The maximum Gasteiger partial charge on any atom is 0.317 e. The minimum atomic E-state index is -0.202. The third kappa shape index (κ3) is 4.42. The predicted molar refractivity (Wildman–Crippen MR) is 84.0 cm³/mol. The van der Waals surface area contributed by atoms with Gasteiger partial charge in [0.1, 0.15) is 5.01 Å². The first kappa shape index (κ1) is 15.2. The average Bonchev–Trinajstić information content (AvgIpc) is 2.92. The second-order valence-corrected chi connectivity index (χ2v) is 5.85. The molecule has 1 heterocycles. The Labute approximate surface area is 128 Å². The minimum absolute atomic E-state index is 0.132. The van der Waals surface area contributed by atoms with Crippen molar-refractivity contribution in [2.45, 2.75) is 19.4 Å². The van der Waals surface area contributed by atoms with E-state index < -0.39 is 0 Å². The van der Waals surface area contributed by atoms with E-state index in [0.29, 0.717) is 16.7 Å². The number of nitrogens with one attached hydrogen (secondary N) is 1. The molecule has 1 unspecified atom stereocenters. The summed E-state index contributed by atoms with van der Waals surface area (Å²) in [6, 6.07) is 9.75. The van der Waals surface area contributed by atoms with E-state index in [1.54, 1.807) is 11.9 Å². The van der Waals surface area contributed by atoms with Crippen LogP contribution in [-0.4, -0.2) is 34.7 Å². The zero-order chi connectivity index (χ0) is 15.2. The minimum Gasteiger partial charge on any atom is -0.374 e. The number of carbonyl (C=O) groups excluding carboxylic acids is 1. The molecule has 2 rings (SSSR count). The van der Waals surface area contributed by atoms with E-state index >= 15 is 0 Å². The first-order chi connectivity index (χ1) is 10.1. The number of aromatic nitrogens is 2. The molecule has 1 atom stereocenters. The van der Waals surface area contributed by atoms with Gasteiger partial charge >= 0.3 is 6.03 Å². The lowest BCUT2D eigenvalue weighted by Crippen LogP contribution is -2.39. The second-order valence-electron chi connectivity index (χ2n) is 4.81. The molecule has 0 saturated carbocycles. The molecule has 0 saturated heterocycles. The highest BCUT2D eigenvalue weighted by Gasteiger charge is 2.16. The summed E-state index contributed by atoms with van der Waals surface area (Å²) in [7, 11) is 1.78. The third-order valence-electron chi connectivity index (χ3n) is 3.09. The number of amides is 2. The van der Waals surface area contributed by atoms with Crippen molar-refractivity contribution >= 4 is 22.5 Å². The van der Waals surface area contributed by atoms with Crippen LogP contribution in [0.1, 0.15) is 23.5 Å². The molecule has 2 amide bonds. The maximum atomic E-state index is 12.1. The number of anilines is 1. The van der Waals surface area contributed by atoms with Crippen LogP contribution in [0.2, 0.25) is 0 Å². The lowest BCUT2D eigenvalue weighted by Gasteiger charge is -2.20. The van der Waals surface area contributed by atoms with Gasteiger partial charge in [0.2, 0.25) is 5.13 Å². The molecule has 2 aromatic rings. The van der Waals surface area contributed by atoms with Gasteiger partial charge in [-0.15, -0.1) is 10.2 Å². The summed E-state index contributed by atoms with van der Waals surface area (Å²) in [5.41, 5.74) is 6.75. The smallest absolute Gasteiger partial charge is 0.317 e. The monoisotopic (exact) mass is 305 g/mol. The van der Waals surface area contributed by atoms with E-state index in [0.717, 1.165) is 6.42 Å². The van der Waals surface area contributed by atoms with Crippen molar-refractivity contribution in [1.29, 1.82) is 0 Å². The van der Waals surface area contributed by atoms with Crippen molar-refractivity contribution in [3.8, 4) is 0 Å². The molecule has 1 aromatic carbocycles. The number of benzene rings is 1. The van der Waals surface area contributed by atoms with Crippen LogP contribution in [0, 0.1) is 0 Å². The van der Waals surface area contributed by atoms with Gasteiger partial charge in [0.15, 0.2) is 0 Å². The van der Waals surface area contributed by atoms with Gasteiger partial charge in [-0.1, -0.05) is 41.7 Å². The molecule has 0 aliphatic rings. The van der Waals surface area contributed by atoms with Crippen LogP contribution in [-0.2, 0) is 6.42 Å². The van der Waals surface area contributed by atoms with Crippen LogP contribution in [0.4, 0.5) is 9.93 Å². The van der Waals surface area contributed by atoms with Gasteiger partial charge in [0.05, 0.1) is 6.04 Å². The van der Waals surface area contributed by atoms with Gasteiger partial charge in [-0.05, 0) is 18.9 Å². The van der Waals surface area contributed by atoms with Crippen molar-refractivity contribution in [3.05, 3.63) is 40.9 Å². The van der Waals surface area contributed by atoms with E-state index in [1.165, 1.54) is 16.9 Å². The molecular weight excluding hydrogens is 286 g/mol. The molecule has 3 N–H and O–H groups in total. The number of rotatable bonds is 5. The van der Waals surface area contributed by atoms with Gasteiger partial charge in [-0.2, -0.15) is 0 Å². The highest BCUT2D eigenvalue weighted by Crippen LogP contribution is 2.18. The Bertz CT molecular complexity index is 586. The standard InChI is InChI=1S/C14H19N5OS/c1-10(12-17-18-13(15)21-12)16-14(20)19(2)9-8-11-6-4-3-5-7-11/h3-7,10H,8-9H2,1-2H3,(H2,15,18)(H,16,20). The topological polar surface area (TPSA) is 84.1 Å². The fourth-order valence-electron chi connectivity index (χ4n) is 1.82. The number of nitrogen functional groups attached to an aromatic ring is 1. The molecule has 0 fully saturated rings. The Kier molecular flexibility index (Phi) is 5.10. The Morgan fingerprint density at radius 1 is 1.38 bits per heavy atom. The summed E-state index contributed by atoms with van der Waals surface area (Å²) >= 11 is 1.28. The summed E-state index contributed by atoms with van der Waals surface area (Å²) in [5, 5.41) is 11.7. The van der Waals surface area contributed by atoms with E-state index in [4.69, 9.17) is 5.73 Å². The molecule has 0 spiro atoms. The molecule has 0 bridgehead atoms. The summed E-state index contributed by atoms with van der Waals surface area (Å²) in [6.45, 7) is 2.52. The lowest BCUT2D eigenvalue weighted by molar-refractivity contribution is 0.206. The Hall–Kier alpha value is -2.15. The number of nitrogens with zero attached hydrogens (tertiary/aromatic N) is 3. The first-order valence-electron chi connectivity index (χ1n) is 6.70. The largest absolute Gasteiger partial charge is 0.374 e. The van der Waals surface area contributed by atoms with Gasteiger partial charge < -0.3 is 16.0 Å². The van der Waals surface area contributed by atoms with Crippen molar-refractivity contribution in [2.75, 3.05) is 19.3 Å². The van der Waals surface area contributed by atoms with Crippen molar-refractivity contribution in [2.24, 2.45) is 0 Å². The zero-order valence-electron chi connectivity index (χ0n) is 12.1. The van der Waals surface area contributed by atoms with Crippen LogP contribution in [0.25, 0.3) is 0 Å². The Morgan fingerprint density at radius 2 is 2.10 bits per heavy atom. The Morgan fingerprint density at radius 3 is 2.71 bits per heavy atom.